The lowest BCUT2D eigenvalue weighted by atomic mass is 9.57. The van der Waals surface area contributed by atoms with Crippen LogP contribution in [-0.2, 0) is 11.8 Å². The van der Waals surface area contributed by atoms with Crippen molar-refractivity contribution in [2.45, 2.75) is 91.9 Å². The van der Waals surface area contributed by atoms with Gasteiger partial charge >= 0.3 is 0 Å². The van der Waals surface area contributed by atoms with Crippen molar-refractivity contribution >= 4 is 38.4 Å². The van der Waals surface area contributed by atoms with E-state index < -0.39 is 0 Å². The molecule has 0 spiro atoms. The van der Waals surface area contributed by atoms with Crippen LogP contribution >= 0.6 is 11.3 Å². The molecule has 4 heteroatoms. The Labute approximate surface area is 256 Å². The van der Waals surface area contributed by atoms with Crippen LogP contribution in [0, 0.1) is 34.0 Å². The molecule has 1 aromatic heterocycles. The molecule has 1 fully saturated rings. The Morgan fingerprint density at radius 1 is 1.02 bits per heavy atom. The minimum atomic E-state index is 0.158. The van der Waals surface area contributed by atoms with Crippen LogP contribution in [0.5, 0.6) is 0 Å². The van der Waals surface area contributed by atoms with Crippen LogP contribution in [-0.4, -0.2) is 18.1 Å². The quantitative estimate of drug-likeness (QED) is 0.286. The summed E-state index contributed by atoms with van der Waals surface area (Å²) < 4.78 is 1.16. The van der Waals surface area contributed by atoms with Crippen LogP contribution in [0.3, 0.4) is 0 Å². The second-order valence-electron chi connectivity index (χ2n) is 15.7. The number of allylic oxidation sites excluding steroid dienone is 4. The molecule has 2 atom stereocenters. The number of aromatic nitrogens is 1. The number of hydrogen-bond donors (Lipinski definition) is 0. The SMILES string of the molecule is CC1(C)CCN2CCC(C)(C)c3cc(C4=CC5C/C(=C(\C#N)c6nc7ccccc7s6)CC(C)(C)C5CC4)cc(c32)C1. The normalized spacial score (nSPS) is 26.9. The maximum atomic E-state index is 10.4. The first kappa shape index (κ1) is 27.9. The highest BCUT2D eigenvalue weighted by atomic mass is 32.1. The highest BCUT2D eigenvalue weighted by Crippen LogP contribution is 2.55. The van der Waals surface area contributed by atoms with Gasteiger partial charge in [-0.1, -0.05) is 59.8 Å². The molecule has 2 unspecified atom stereocenters. The molecule has 3 heterocycles. The first-order valence-electron chi connectivity index (χ1n) is 16.1. The minimum absolute atomic E-state index is 0.158. The first-order chi connectivity index (χ1) is 19.9. The van der Waals surface area contributed by atoms with Crippen LogP contribution in [0.25, 0.3) is 21.4 Å². The van der Waals surface area contributed by atoms with Crippen molar-refractivity contribution in [1.29, 1.82) is 5.26 Å². The van der Waals surface area contributed by atoms with Gasteiger partial charge in [0.25, 0.3) is 0 Å². The van der Waals surface area contributed by atoms with E-state index in [0.717, 1.165) is 46.5 Å². The van der Waals surface area contributed by atoms with Gasteiger partial charge in [-0.3, -0.25) is 0 Å². The van der Waals surface area contributed by atoms with E-state index in [0.29, 0.717) is 17.3 Å². The Balaban J connectivity index is 1.30. The van der Waals surface area contributed by atoms with Gasteiger partial charge in [-0.05, 0) is 125 Å². The standard InChI is InChI=1S/C38H45N3S/c1-36(2)13-15-41-16-14-37(3,4)31-20-25(18-28(21-36)34(31)41)24-11-12-30-26(17-24)19-27(22-38(30,5)6)29(23-39)35-40-32-9-7-8-10-33(32)42-35/h7-10,17-18,20,26,30H,11-16,19,21-22H2,1-6H3/b29-27-. The number of benzene rings is 2. The van der Waals surface area contributed by atoms with Crippen LogP contribution in [0.4, 0.5) is 5.69 Å². The van der Waals surface area contributed by atoms with Gasteiger partial charge in [-0.15, -0.1) is 11.3 Å². The molecule has 0 amide bonds. The molecule has 1 saturated carbocycles. The highest BCUT2D eigenvalue weighted by molar-refractivity contribution is 7.19. The molecular formula is C38H45N3S. The van der Waals surface area contributed by atoms with E-state index in [-0.39, 0.29) is 10.8 Å². The zero-order valence-electron chi connectivity index (χ0n) is 26.3. The van der Waals surface area contributed by atoms with Crippen LogP contribution in [0.2, 0.25) is 0 Å². The summed E-state index contributed by atoms with van der Waals surface area (Å²) >= 11 is 1.66. The monoisotopic (exact) mass is 575 g/mol. The lowest BCUT2D eigenvalue weighted by molar-refractivity contribution is 0.118. The summed E-state index contributed by atoms with van der Waals surface area (Å²) in [4.78, 5) is 7.60. The molecule has 42 heavy (non-hydrogen) atoms. The van der Waals surface area contributed by atoms with Crippen molar-refractivity contribution in [2.24, 2.45) is 22.7 Å². The fourth-order valence-electron chi connectivity index (χ4n) is 8.71. The third-order valence-corrected chi connectivity index (χ3v) is 12.2. The fourth-order valence-corrected chi connectivity index (χ4v) is 9.72. The number of nitriles is 1. The van der Waals surface area contributed by atoms with E-state index in [1.54, 1.807) is 28.2 Å². The van der Waals surface area contributed by atoms with E-state index in [9.17, 15) is 5.26 Å². The van der Waals surface area contributed by atoms with E-state index >= 15 is 0 Å². The molecule has 3 aromatic rings. The largest absolute Gasteiger partial charge is 0.371 e. The molecule has 2 aromatic carbocycles. The predicted molar refractivity (Wildman–Crippen MR) is 178 cm³/mol. The number of hydrogen-bond acceptors (Lipinski definition) is 4. The van der Waals surface area contributed by atoms with Crippen molar-refractivity contribution in [1.82, 2.24) is 4.98 Å². The number of thiazole rings is 1. The molecule has 4 aliphatic rings. The Kier molecular flexibility index (Phi) is 6.52. The number of para-hydroxylation sites is 1. The molecule has 2 aliphatic heterocycles. The predicted octanol–water partition coefficient (Wildman–Crippen LogP) is 9.96. The molecule has 7 rings (SSSR count). The van der Waals surface area contributed by atoms with Crippen molar-refractivity contribution in [2.75, 3.05) is 18.0 Å². The van der Waals surface area contributed by atoms with Crippen molar-refractivity contribution in [3.8, 4) is 6.07 Å². The van der Waals surface area contributed by atoms with Gasteiger partial charge in [-0.25, -0.2) is 4.98 Å². The zero-order valence-corrected chi connectivity index (χ0v) is 27.1. The van der Waals surface area contributed by atoms with Gasteiger partial charge in [0.05, 0.1) is 15.8 Å². The van der Waals surface area contributed by atoms with Gasteiger partial charge in [0.2, 0.25) is 0 Å². The first-order valence-corrected chi connectivity index (χ1v) is 16.9. The van der Waals surface area contributed by atoms with E-state index in [4.69, 9.17) is 4.98 Å². The third-order valence-electron chi connectivity index (χ3n) is 11.1. The van der Waals surface area contributed by atoms with E-state index in [1.807, 2.05) is 6.07 Å². The van der Waals surface area contributed by atoms with Gasteiger partial charge in [0, 0.05) is 18.8 Å². The Morgan fingerprint density at radius 3 is 2.60 bits per heavy atom. The average molecular weight is 576 g/mol. The Morgan fingerprint density at radius 2 is 1.81 bits per heavy atom. The maximum absolute atomic E-state index is 10.4. The molecule has 0 N–H and O–H groups in total. The lowest BCUT2D eigenvalue weighted by Crippen LogP contribution is -2.38. The molecule has 3 nitrogen and oxygen atoms in total. The smallest absolute Gasteiger partial charge is 0.135 e. The van der Waals surface area contributed by atoms with E-state index in [1.165, 1.54) is 49.1 Å². The highest BCUT2D eigenvalue weighted by Gasteiger charge is 2.43. The van der Waals surface area contributed by atoms with Crippen molar-refractivity contribution in [3.05, 3.63) is 69.7 Å². The number of anilines is 1. The minimum Gasteiger partial charge on any atom is -0.371 e. The summed E-state index contributed by atoms with van der Waals surface area (Å²) in [5.41, 5.74) is 11.5. The molecule has 0 radical (unpaired) electrons. The van der Waals surface area contributed by atoms with Gasteiger partial charge < -0.3 is 4.90 Å². The maximum Gasteiger partial charge on any atom is 0.135 e. The zero-order chi connectivity index (χ0) is 29.4. The topological polar surface area (TPSA) is 39.9 Å². The second-order valence-corrected chi connectivity index (χ2v) is 16.7. The summed E-state index contributed by atoms with van der Waals surface area (Å²) in [6.07, 6.45) is 10.6. The summed E-state index contributed by atoms with van der Waals surface area (Å²) in [6, 6.07) is 16.0. The summed E-state index contributed by atoms with van der Waals surface area (Å²) in [5.74, 6) is 1.10. The molecule has 2 aliphatic carbocycles. The number of fused-ring (bicyclic) bond motifs is 2. The second kappa shape index (κ2) is 9.81. The van der Waals surface area contributed by atoms with E-state index in [2.05, 4.69) is 88.9 Å². The number of nitrogens with zero attached hydrogens (tertiary/aromatic N) is 3. The van der Waals surface area contributed by atoms with Gasteiger partial charge in [-0.2, -0.15) is 5.26 Å². The summed E-state index contributed by atoms with van der Waals surface area (Å²) in [7, 11) is 0. The van der Waals surface area contributed by atoms with Crippen molar-refractivity contribution < 1.29 is 0 Å². The number of rotatable bonds is 2. The van der Waals surface area contributed by atoms with Gasteiger partial charge in [0.15, 0.2) is 0 Å². The van der Waals surface area contributed by atoms with Crippen LogP contribution in [0.1, 0.15) is 102 Å². The molecule has 0 bridgehead atoms. The van der Waals surface area contributed by atoms with Crippen LogP contribution < -0.4 is 4.90 Å². The molecular weight excluding hydrogens is 531 g/mol. The van der Waals surface area contributed by atoms with Crippen LogP contribution in [0.15, 0.2) is 48.0 Å². The lowest BCUT2D eigenvalue weighted by Gasteiger charge is -2.47. The molecule has 0 saturated heterocycles. The summed E-state index contributed by atoms with van der Waals surface area (Å²) in [6.45, 7) is 17.0. The van der Waals surface area contributed by atoms with Gasteiger partial charge in [0.1, 0.15) is 11.1 Å². The fraction of sp³-hybridized carbons (Fsp3) is 0.526. The Hall–Kier alpha value is -2.90. The van der Waals surface area contributed by atoms with Crippen molar-refractivity contribution in [3.63, 3.8) is 0 Å². The Bertz CT molecular complexity index is 1640. The average Bonchev–Trinajstić information content (AvgIpc) is 3.30. The molecule has 218 valence electrons. The third kappa shape index (κ3) is 4.73. The summed E-state index contributed by atoms with van der Waals surface area (Å²) in [5, 5.41) is 11.3.